The van der Waals surface area contributed by atoms with Gasteiger partial charge in [0.15, 0.2) is 5.79 Å². The molecule has 0 N–H and O–H groups in total. The number of fused-ring (bicyclic) bond motifs is 3. The number of rotatable bonds is 2. The van der Waals surface area contributed by atoms with Gasteiger partial charge in [-0.15, -0.1) is 0 Å². The molecule has 3 aliphatic rings. The molecule has 0 unspecified atom stereocenters. The summed E-state index contributed by atoms with van der Waals surface area (Å²) in [5.74, 6) is 1.81. The van der Waals surface area contributed by atoms with E-state index in [1.54, 1.807) is 12.7 Å². The molecule has 4 atom stereocenters. The molecular weight excluding hydrogens is 288 g/mol. The van der Waals surface area contributed by atoms with Gasteiger partial charge in [0.2, 0.25) is 0 Å². The van der Waals surface area contributed by atoms with Crippen molar-refractivity contribution in [2.75, 3.05) is 13.7 Å². The SMILES string of the molecule is COc1ccc2c(c1)CC[C@]1(C)[C@@H]([C@@H]3COC(C)(C)O3)CC[C@@H]21. The van der Waals surface area contributed by atoms with Crippen LogP contribution in [0.2, 0.25) is 0 Å². The molecule has 1 aromatic rings. The Bertz CT molecular complexity index is 609. The van der Waals surface area contributed by atoms with Crippen molar-refractivity contribution in [1.82, 2.24) is 0 Å². The Morgan fingerprint density at radius 3 is 2.70 bits per heavy atom. The molecule has 0 bridgehead atoms. The van der Waals surface area contributed by atoms with Gasteiger partial charge in [-0.05, 0) is 80.0 Å². The minimum absolute atomic E-state index is 0.250. The average Bonchev–Trinajstić information content (AvgIpc) is 3.06. The third kappa shape index (κ3) is 2.40. The second kappa shape index (κ2) is 5.22. The van der Waals surface area contributed by atoms with Gasteiger partial charge in [-0.2, -0.15) is 0 Å². The molecule has 2 fully saturated rings. The zero-order valence-electron chi connectivity index (χ0n) is 14.7. The van der Waals surface area contributed by atoms with Crippen molar-refractivity contribution in [2.24, 2.45) is 11.3 Å². The van der Waals surface area contributed by atoms with Crippen molar-refractivity contribution < 1.29 is 14.2 Å². The number of aryl methyl sites for hydroxylation is 1. The monoisotopic (exact) mass is 316 g/mol. The van der Waals surface area contributed by atoms with E-state index >= 15 is 0 Å². The van der Waals surface area contributed by atoms with E-state index in [1.165, 1.54) is 24.8 Å². The number of benzene rings is 1. The molecule has 1 heterocycles. The van der Waals surface area contributed by atoms with Crippen LogP contribution in [0.1, 0.15) is 57.1 Å². The van der Waals surface area contributed by atoms with E-state index in [4.69, 9.17) is 14.2 Å². The first-order chi connectivity index (χ1) is 10.9. The van der Waals surface area contributed by atoms with Gasteiger partial charge in [-0.1, -0.05) is 13.0 Å². The highest BCUT2D eigenvalue weighted by Gasteiger charge is 2.54. The Hall–Kier alpha value is -1.06. The minimum Gasteiger partial charge on any atom is -0.497 e. The molecule has 0 spiro atoms. The van der Waals surface area contributed by atoms with Gasteiger partial charge < -0.3 is 14.2 Å². The fraction of sp³-hybridized carbons (Fsp3) is 0.700. The molecule has 0 amide bonds. The predicted octanol–water partition coefficient (Wildman–Crippen LogP) is 4.29. The summed E-state index contributed by atoms with van der Waals surface area (Å²) < 4.78 is 17.5. The third-order valence-electron chi connectivity index (χ3n) is 6.55. The second-order valence-corrected chi connectivity index (χ2v) is 8.17. The topological polar surface area (TPSA) is 27.7 Å². The molecule has 1 aromatic carbocycles. The Labute approximate surface area is 139 Å². The molecule has 0 radical (unpaired) electrons. The van der Waals surface area contributed by atoms with Gasteiger partial charge in [-0.3, -0.25) is 0 Å². The Kier molecular flexibility index (Phi) is 3.51. The van der Waals surface area contributed by atoms with Crippen LogP contribution >= 0.6 is 0 Å². The van der Waals surface area contributed by atoms with Crippen LogP contribution in [0.15, 0.2) is 18.2 Å². The first-order valence-electron chi connectivity index (χ1n) is 8.91. The number of ether oxygens (including phenoxy) is 3. The lowest BCUT2D eigenvalue weighted by Crippen LogP contribution is -2.39. The zero-order chi connectivity index (χ0) is 16.2. The van der Waals surface area contributed by atoms with Gasteiger partial charge in [0.1, 0.15) is 5.75 Å². The minimum atomic E-state index is -0.418. The Morgan fingerprint density at radius 1 is 1.17 bits per heavy atom. The van der Waals surface area contributed by atoms with E-state index in [0.717, 1.165) is 18.8 Å². The molecule has 1 saturated heterocycles. The summed E-state index contributed by atoms with van der Waals surface area (Å²) in [4.78, 5) is 0. The molecule has 0 aromatic heterocycles. The van der Waals surface area contributed by atoms with E-state index in [0.29, 0.717) is 17.3 Å². The van der Waals surface area contributed by atoms with Crippen molar-refractivity contribution in [3.05, 3.63) is 29.3 Å². The summed E-state index contributed by atoms with van der Waals surface area (Å²) >= 11 is 0. The molecule has 1 aliphatic heterocycles. The van der Waals surface area contributed by atoms with Crippen LogP contribution in [0.25, 0.3) is 0 Å². The van der Waals surface area contributed by atoms with E-state index in [-0.39, 0.29) is 6.10 Å². The Morgan fingerprint density at radius 2 is 2.00 bits per heavy atom. The first-order valence-corrected chi connectivity index (χ1v) is 8.91. The standard InChI is InChI=1S/C20H28O3/c1-19(2)22-12-18(23-19)17-8-7-16-15-6-5-14(21-4)11-13(15)9-10-20(16,17)3/h5-6,11,16-18H,7-10,12H2,1-4H3/t16-,17+,18-,20-/m0/s1. The summed E-state index contributed by atoms with van der Waals surface area (Å²) in [7, 11) is 1.75. The summed E-state index contributed by atoms with van der Waals surface area (Å²) in [5, 5.41) is 0. The maximum Gasteiger partial charge on any atom is 0.163 e. The van der Waals surface area contributed by atoms with Gasteiger partial charge in [0, 0.05) is 0 Å². The van der Waals surface area contributed by atoms with Crippen molar-refractivity contribution in [2.45, 2.75) is 64.3 Å². The van der Waals surface area contributed by atoms with Crippen LogP contribution in [-0.2, 0) is 15.9 Å². The lowest BCUT2D eigenvalue weighted by Gasteiger charge is -2.43. The van der Waals surface area contributed by atoms with Gasteiger partial charge >= 0.3 is 0 Å². The van der Waals surface area contributed by atoms with Gasteiger partial charge in [0.05, 0.1) is 19.8 Å². The van der Waals surface area contributed by atoms with Crippen molar-refractivity contribution in [1.29, 1.82) is 0 Å². The maximum absolute atomic E-state index is 6.23. The molecule has 3 heteroatoms. The highest BCUT2D eigenvalue weighted by molar-refractivity contribution is 5.41. The van der Waals surface area contributed by atoms with Crippen LogP contribution in [0.4, 0.5) is 0 Å². The lowest BCUT2D eigenvalue weighted by molar-refractivity contribution is -0.149. The van der Waals surface area contributed by atoms with Crippen molar-refractivity contribution in [3.63, 3.8) is 0 Å². The van der Waals surface area contributed by atoms with E-state index in [9.17, 15) is 0 Å². The normalized spacial score (nSPS) is 38.2. The van der Waals surface area contributed by atoms with Crippen LogP contribution in [0, 0.1) is 11.3 Å². The number of hydrogen-bond donors (Lipinski definition) is 0. The summed E-state index contributed by atoms with van der Waals surface area (Å²) in [6, 6.07) is 6.66. The highest BCUT2D eigenvalue weighted by Crippen LogP contribution is 2.60. The molecular formula is C20H28O3. The molecule has 126 valence electrons. The molecule has 3 nitrogen and oxygen atoms in total. The quantitative estimate of drug-likeness (QED) is 0.814. The van der Waals surface area contributed by atoms with Crippen LogP contribution in [-0.4, -0.2) is 25.6 Å². The summed E-state index contributed by atoms with van der Waals surface area (Å²) in [6.45, 7) is 7.29. The van der Waals surface area contributed by atoms with Crippen LogP contribution in [0.5, 0.6) is 5.75 Å². The summed E-state index contributed by atoms with van der Waals surface area (Å²) in [5.41, 5.74) is 3.35. The predicted molar refractivity (Wildman–Crippen MR) is 89.8 cm³/mol. The fourth-order valence-corrected chi connectivity index (χ4v) is 5.33. The van der Waals surface area contributed by atoms with E-state index in [2.05, 4.69) is 25.1 Å². The molecule has 4 rings (SSSR count). The van der Waals surface area contributed by atoms with Crippen LogP contribution in [0.3, 0.4) is 0 Å². The Balaban J connectivity index is 1.63. The largest absolute Gasteiger partial charge is 0.497 e. The number of hydrogen-bond acceptors (Lipinski definition) is 3. The lowest BCUT2D eigenvalue weighted by atomic mass is 9.62. The van der Waals surface area contributed by atoms with Crippen LogP contribution < -0.4 is 4.74 Å². The highest BCUT2D eigenvalue weighted by atomic mass is 16.7. The van der Waals surface area contributed by atoms with Gasteiger partial charge in [0.25, 0.3) is 0 Å². The van der Waals surface area contributed by atoms with E-state index < -0.39 is 5.79 Å². The molecule has 1 saturated carbocycles. The molecule has 23 heavy (non-hydrogen) atoms. The number of methoxy groups -OCH3 is 1. The van der Waals surface area contributed by atoms with Gasteiger partial charge in [-0.25, -0.2) is 0 Å². The smallest absolute Gasteiger partial charge is 0.163 e. The zero-order valence-corrected chi connectivity index (χ0v) is 14.7. The van der Waals surface area contributed by atoms with Crippen molar-refractivity contribution in [3.8, 4) is 5.75 Å². The maximum atomic E-state index is 6.23. The summed E-state index contributed by atoms with van der Waals surface area (Å²) in [6.07, 6.45) is 5.15. The third-order valence-corrected chi connectivity index (χ3v) is 6.55. The molecule has 2 aliphatic carbocycles. The second-order valence-electron chi connectivity index (χ2n) is 8.17. The first kappa shape index (κ1) is 15.5. The fourth-order valence-electron chi connectivity index (χ4n) is 5.33. The van der Waals surface area contributed by atoms with Crippen molar-refractivity contribution >= 4 is 0 Å². The van der Waals surface area contributed by atoms with E-state index in [1.807, 2.05) is 13.8 Å². The average molecular weight is 316 g/mol.